The van der Waals surface area contributed by atoms with Crippen LogP contribution >= 0.6 is 0 Å². The van der Waals surface area contributed by atoms with Gasteiger partial charge in [0.2, 0.25) is 15.9 Å². The van der Waals surface area contributed by atoms with Crippen molar-refractivity contribution in [2.45, 2.75) is 51.5 Å². The summed E-state index contributed by atoms with van der Waals surface area (Å²) in [7, 11) is -3.24. The second kappa shape index (κ2) is 12.7. The van der Waals surface area contributed by atoms with E-state index in [1.807, 2.05) is 0 Å². The minimum Gasteiger partial charge on any atom is -0.462 e. The Morgan fingerprint density at radius 2 is 1.62 bits per heavy atom. The predicted molar refractivity (Wildman–Crippen MR) is 150 cm³/mol. The van der Waals surface area contributed by atoms with Gasteiger partial charge in [0.05, 0.1) is 24.5 Å². The molecule has 4 rings (SSSR count). The quantitative estimate of drug-likeness (QED) is 0.268. The number of nitrogens with two attached hydrogens (primary N) is 1. The molecule has 2 atom stereocenters. The standard InChI is InChI=1S/C28H41N5O6S/c1-3-39-27(36)22-6-4-19(5-7-22)16-25(34)24-17-23(20-10-14-32(15-11-20)40(2,37)38)18-33(24)26(35)21-8-12-31(13-9-21)28(29)30/h4-7,20-21,23-24H,3,8-18H2,1-2H3,(H3,29,30)/t23-,24-/m0/s1. The SMILES string of the molecule is CCOC(=O)c1ccc(CC(=O)[C@@H]2C[C@H](C3CCN(S(C)(=O)=O)CC3)CN2C(=O)C2CCN(C(=N)N)CC2)cc1. The Kier molecular flexibility index (Phi) is 9.50. The number of ether oxygens (including phenoxy) is 1. The molecule has 0 bridgehead atoms. The van der Waals surface area contributed by atoms with Gasteiger partial charge < -0.3 is 20.3 Å². The van der Waals surface area contributed by atoms with Crippen LogP contribution in [0.15, 0.2) is 24.3 Å². The first-order valence-corrected chi connectivity index (χ1v) is 16.0. The zero-order valence-corrected chi connectivity index (χ0v) is 24.2. The number of hydrogen-bond acceptors (Lipinski definition) is 7. The van der Waals surface area contributed by atoms with E-state index in [0.717, 1.165) is 5.56 Å². The summed E-state index contributed by atoms with van der Waals surface area (Å²) in [5, 5.41) is 7.67. The molecule has 0 aromatic heterocycles. The van der Waals surface area contributed by atoms with Gasteiger partial charge in [0, 0.05) is 45.1 Å². The number of sulfonamides is 1. The van der Waals surface area contributed by atoms with Crippen molar-refractivity contribution < 1.29 is 27.5 Å². The van der Waals surface area contributed by atoms with Gasteiger partial charge >= 0.3 is 5.97 Å². The van der Waals surface area contributed by atoms with E-state index in [1.165, 1.54) is 10.6 Å². The van der Waals surface area contributed by atoms with Crippen molar-refractivity contribution in [3.05, 3.63) is 35.4 Å². The fourth-order valence-electron chi connectivity index (χ4n) is 6.33. The molecule has 40 heavy (non-hydrogen) atoms. The summed E-state index contributed by atoms with van der Waals surface area (Å²) >= 11 is 0. The molecule has 1 amide bonds. The molecule has 3 fully saturated rings. The molecule has 3 saturated heterocycles. The first kappa shape index (κ1) is 30.0. The Hall–Kier alpha value is -2.99. The summed E-state index contributed by atoms with van der Waals surface area (Å²) in [5.74, 6) is -0.300. The number of benzene rings is 1. The third-order valence-electron chi connectivity index (χ3n) is 8.65. The Labute approximate surface area is 236 Å². The lowest BCUT2D eigenvalue weighted by Crippen LogP contribution is -2.49. The van der Waals surface area contributed by atoms with Crippen LogP contribution in [0.2, 0.25) is 0 Å². The van der Waals surface area contributed by atoms with Crippen molar-refractivity contribution in [3.8, 4) is 0 Å². The van der Waals surface area contributed by atoms with Crippen LogP contribution in [0.25, 0.3) is 0 Å². The highest BCUT2D eigenvalue weighted by Crippen LogP contribution is 2.37. The highest BCUT2D eigenvalue weighted by atomic mass is 32.2. The van der Waals surface area contributed by atoms with E-state index in [9.17, 15) is 22.8 Å². The van der Waals surface area contributed by atoms with Crippen molar-refractivity contribution in [1.29, 1.82) is 5.41 Å². The van der Waals surface area contributed by atoms with Crippen molar-refractivity contribution in [1.82, 2.24) is 14.1 Å². The number of piperidine rings is 2. The van der Waals surface area contributed by atoms with Crippen LogP contribution < -0.4 is 5.73 Å². The van der Waals surface area contributed by atoms with Crippen molar-refractivity contribution >= 4 is 33.6 Å². The molecule has 3 aliphatic rings. The highest BCUT2D eigenvalue weighted by molar-refractivity contribution is 7.88. The van der Waals surface area contributed by atoms with E-state index < -0.39 is 22.0 Å². The third-order valence-corrected chi connectivity index (χ3v) is 9.95. The van der Waals surface area contributed by atoms with Gasteiger partial charge in [-0.15, -0.1) is 0 Å². The molecule has 3 heterocycles. The number of likely N-dealkylation sites (tertiary alicyclic amines) is 2. The maximum absolute atomic E-state index is 13.8. The number of amides is 1. The first-order chi connectivity index (χ1) is 19.0. The minimum absolute atomic E-state index is 0.00889. The monoisotopic (exact) mass is 575 g/mol. The molecule has 0 spiro atoms. The summed E-state index contributed by atoms with van der Waals surface area (Å²) in [6, 6.07) is 6.27. The maximum atomic E-state index is 13.8. The Morgan fingerprint density at radius 3 is 2.17 bits per heavy atom. The fourth-order valence-corrected chi connectivity index (χ4v) is 7.21. The van der Waals surface area contributed by atoms with Gasteiger partial charge in [-0.25, -0.2) is 17.5 Å². The maximum Gasteiger partial charge on any atom is 0.338 e. The highest BCUT2D eigenvalue weighted by Gasteiger charge is 2.44. The summed E-state index contributed by atoms with van der Waals surface area (Å²) < 4.78 is 30.5. The zero-order valence-electron chi connectivity index (χ0n) is 23.4. The number of carbonyl (C=O) groups is 3. The van der Waals surface area contributed by atoms with Gasteiger partial charge in [-0.3, -0.25) is 15.0 Å². The second-order valence-electron chi connectivity index (χ2n) is 11.2. The molecule has 0 radical (unpaired) electrons. The third kappa shape index (κ3) is 7.01. The van der Waals surface area contributed by atoms with Gasteiger partial charge in [-0.2, -0.15) is 0 Å². The molecule has 12 heteroatoms. The van der Waals surface area contributed by atoms with E-state index in [4.69, 9.17) is 15.9 Å². The van der Waals surface area contributed by atoms with Gasteiger partial charge in [0.15, 0.2) is 11.7 Å². The van der Waals surface area contributed by atoms with E-state index >= 15 is 0 Å². The van der Waals surface area contributed by atoms with Crippen LogP contribution in [0.1, 0.15) is 54.9 Å². The Bertz CT molecular complexity index is 1200. The Morgan fingerprint density at radius 1 is 1.00 bits per heavy atom. The number of ketones is 1. The number of nitrogens with zero attached hydrogens (tertiary/aromatic N) is 3. The molecule has 0 unspecified atom stereocenters. The van der Waals surface area contributed by atoms with Gasteiger partial charge in [-0.1, -0.05) is 12.1 Å². The van der Waals surface area contributed by atoms with Crippen LogP contribution in [0, 0.1) is 23.2 Å². The Balaban J connectivity index is 1.47. The minimum atomic E-state index is -3.24. The van der Waals surface area contributed by atoms with Gasteiger partial charge in [0.1, 0.15) is 0 Å². The van der Waals surface area contributed by atoms with E-state index in [1.54, 1.807) is 41.0 Å². The number of guanidine groups is 1. The molecule has 1 aromatic carbocycles. The number of Topliss-reactive ketones (excluding diaryl/α,β-unsaturated/α-hetero) is 1. The number of hydrogen-bond donors (Lipinski definition) is 2. The van der Waals surface area contributed by atoms with E-state index in [-0.39, 0.29) is 48.4 Å². The smallest absolute Gasteiger partial charge is 0.338 e. The van der Waals surface area contributed by atoms with E-state index in [0.29, 0.717) is 70.4 Å². The fraction of sp³-hybridized carbons (Fsp3) is 0.643. The van der Waals surface area contributed by atoms with Crippen molar-refractivity contribution in [2.24, 2.45) is 23.5 Å². The lowest BCUT2D eigenvalue weighted by molar-refractivity contribution is -0.141. The molecule has 0 saturated carbocycles. The molecule has 220 valence electrons. The molecular weight excluding hydrogens is 534 g/mol. The number of nitrogens with one attached hydrogen (secondary N) is 1. The number of carbonyl (C=O) groups excluding carboxylic acids is 3. The lowest BCUT2D eigenvalue weighted by atomic mass is 9.83. The van der Waals surface area contributed by atoms with Crippen LogP contribution in [0.5, 0.6) is 0 Å². The molecule has 1 aromatic rings. The molecule has 11 nitrogen and oxygen atoms in total. The van der Waals surface area contributed by atoms with Crippen molar-refractivity contribution in [3.63, 3.8) is 0 Å². The van der Waals surface area contributed by atoms with Crippen LogP contribution in [-0.4, -0.2) is 97.8 Å². The van der Waals surface area contributed by atoms with Gasteiger partial charge in [0.25, 0.3) is 0 Å². The second-order valence-corrected chi connectivity index (χ2v) is 13.2. The van der Waals surface area contributed by atoms with E-state index in [2.05, 4.69) is 0 Å². The number of rotatable bonds is 8. The normalized spacial score (nSPS) is 23.2. The number of esters is 1. The van der Waals surface area contributed by atoms with Crippen molar-refractivity contribution in [2.75, 3.05) is 45.6 Å². The van der Waals surface area contributed by atoms with Gasteiger partial charge in [-0.05, 0) is 68.6 Å². The average molecular weight is 576 g/mol. The molecular formula is C28H41N5O6S. The van der Waals surface area contributed by atoms with Crippen LogP contribution in [0.4, 0.5) is 0 Å². The summed E-state index contributed by atoms with van der Waals surface area (Å²) in [6.45, 7) is 4.53. The van der Waals surface area contributed by atoms with Crippen LogP contribution in [0.3, 0.4) is 0 Å². The summed E-state index contributed by atoms with van der Waals surface area (Å²) in [5.41, 5.74) is 6.82. The average Bonchev–Trinajstić information content (AvgIpc) is 3.38. The predicted octanol–water partition coefficient (Wildman–Crippen LogP) is 1.47. The summed E-state index contributed by atoms with van der Waals surface area (Å²) in [6.07, 6.45) is 4.56. The topological polar surface area (TPSA) is 154 Å². The molecule has 3 aliphatic heterocycles. The lowest BCUT2D eigenvalue weighted by Gasteiger charge is -2.35. The molecule has 3 N–H and O–H groups in total. The summed E-state index contributed by atoms with van der Waals surface area (Å²) in [4.78, 5) is 42.9. The zero-order chi connectivity index (χ0) is 29.0. The molecule has 0 aliphatic carbocycles. The largest absolute Gasteiger partial charge is 0.462 e. The first-order valence-electron chi connectivity index (χ1n) is 14.1. The van der Waals surface area contributed by atoms with Crippen LogP contribution in [-0.2, 0) is 30.8 Å².